The van der Waals surface area contributed by atoms with Gasteiger partial charge in [0.15, 0.2) is 0 Å². The summed E-state index contributed by atoms with van der Waals surface area (Å²) in [5.41, 5.74) is 11.0. The van der Waals surface area contributed by atoms with Gasteiger partial charge in [-0.2, -0.15) is 0 Å². The quantitative estimate of drug-likeness (QED) is 0.566. The molecule has 1 aromatic carbocycles. The van der Waals surface area contributed by atoms with Gasteiger partial charge in [0.05, 0.1) is 11.3 Å². The first-order valence-corrected chi connectivity index (χ1v) is 2.69. The van der Waals surface area contributed by atoms with Crippen LogP contribution in [0.5, 0.6) is 0 Å². The highest BCUT2D eigenvalue weighted by Crippen LogP contribution is 2.05. The summed E-state index contributed by atoms with van der Waals surface area (Å²) in [7, 11) is 0. The molecule has 0 aliphatic heterocycles. The number of carbonyl (C=O) groups excluding carboxylic acids is 1. The molecule has 4 N–H and O–H groups in total. The van der Waals surface area contributed by atoms with E-state index < -0.39 is 5.91 Å². The van der Waals surface area contributed by atoms with Gasteiger partial charge < -0.3 is 11.5 Å². The second-order valence-corrected chi connectivity index (χ2v) is 1.81. The third-order valence-corrected chi connectivity index (χ3v) is 1.10. The lowest BCUT2D eigenvalue weighted by molar-refractivity contribution is 0.100. The molecule has 0 aliphatic rings. The van der Waals surface area contributed by atoms with Gasteiger partial charge in [-0.3, -0.25) is 4.79 Å². The van der Waals surface area contributed by atoms with E-state index in [0.29, 0.717) is 11.3 Å². The molecule has 1 rings (SSSR count). The highest BCUT2D eigenvalue weighted by Gasteiger charge is 2.01. The first-order chi connectivity index (χ1) is 4.72. The maximum atomic E-state index is 10.5. The van der Waals surface area contributed by atoms with Crippen LogP contribution in [-0.2, 0) is 0 Å². The number of anilines is 1. The minimum atomic E-state index is -0.539. The third kappa shape index (κ3) is 1.00. The van der Waals surface area contributed by atoms with Gasteiger partial charge in [0, 0.05) is 12.1 Å². The van der Waals surface area contributed by atoms with Gasteiger partial charge in [0.1, 0.15) is 0 Å². The Morgan fingerprint density at radius 3 is 2.40 bits per heavy atom. The van der Waals surface area contributed by atoms with Gasteiger partial charge in [0.2, 0.25) is 0 Å². The standard InChI is InChI=1S/C7H6N2O/c8-6-4-2-1-3-5(6)7(9)10/h3-4H,8H2,(H2,9,10). The number of carbonyl (C=O) groups is 1. The van der Waals surface area contributed by atoms with Crippen LogP contribution >= 0.6 is 0 Å². The fourth-order valence-electron chi connectivity index (χ4n) is 0.608. The summed E-state index contributed by atoms with van der Waals surface area (Å²) >= 11 is 0. The summed E-state index contributed by atoms with van der Waals surface area (Å²) in [5, 5.41) is 0. The minimum absolute atomic E-state index is 0.291. The summed E-state index contributed by atoms with van der Waals surface area (Å²) in [6.45, 7) is 0. The largest absolute Gasteiger partial charge is 0.398 e. The molecule has 0 spiro atoms. The third-order valence-electron chi connectivity index (χ3n) is 1.10. The van der Waals surface area contributed by atoms with Crippen molar-refractivity contribution in [1.29, 1.82) is 0 Å². The second-order valence-electron chi connectivity index (χ2n) is 1.81. The first kappa shape index (κ1) is 6.43. The first-order valence-electron chi connectivity index (χ1n) is 2.69. The maximum absolute atomic E-state index is 10.5. The number of hydrogen-bond acceptors (Lipinski definition) is 2. The predicted octanol–water partition coefficient (Wildman–Crippen LogP) is -0.0319. The van der Waals surface area contributed by atoms with Crippen LogP contribution in [0.4, 0.5) is 5.69 Å². The maximum Gasteiger partial charge on any atom is 0.251 e. The normalized spacial score (nSPS) is 8.40. The molecule has 0 unspecified atom stereocenters. The van der Waals surface area contributed by atoms with Crippen molar-refractivity contribution in [2.45, 2.75) is 0 Å². The average Bonchev–Trinajstić information content (AvgIpc) is 1.88. The van der Waals surface area contributed by atoms with Crippen LogP contribution in [0.15, 0.2) is 12.1 Å². The Bertz CT molecular complexity index is 258. The van der Waals surface area contributed by atoms with Crippen LogP contribution in [0.2, 0.25) is 0 Å². The lowest BCUT2D eigenvalue weighted by atomic mass is 10.2. The fraction of sp³-hybridized carbons (Fsp3) is 0. The van der Waals surface area contributed by atoms with Crippen molar-refractivity contribution in [3.63, 3.8) is 0 Å². The summed E-state index contributed by atoms with van der Waals surface area (Å²) in [6.07, 6.45) is 0. The molecular weight excluding hydrogens is 128 g/mol. The van der Waals surface area contributed by atoms with Crippen LogP contribution < -0.4 is 11.5 Å². The lowest BCUT2D eigenvalue weighted by Gasteiger charge is -1.94. The van der Waals surface area contributed by atoms with Crippen LogP contribution in [0, 0.1) is 12.1 Å². The Hall–Kier alpha value is -1.69. The molecule has 0 aromatic heterocycles. The molecule has 3 nitrogen and oxygen atoms in total. The summed E-state index contributed by atoms with van der Waals surface area (Å²) in [4.78, 5) is 10.5. The van der Waals surface area contributed by atoms with Crippen LogP contribution in [0.3, 0.4) is 0 Å². The molecule has 0 saturated heterocycles. The van der Waals surface area contributed by atoms with E-state index in [1.165, 1.54) is 12.1 Å². The smallest absolute Gasteiger partial charge is 0.251 e. The topological polar surface area (TPSA) is 69.1 Å². The number of amides is 1. The second kappa shape index (κ2) is 2.28. The zero-order valence-corrected chi connectivity index (χ0v) is 5.22. The molecule has 1 aromatic rings. The molecule has 0 radical (unpaired) electrons. The lowest BCUT2D eigenvalue weighted by Crippen LogP contribution is -2.12. The SMILES string of the molecule is NC(=O)c1cc#ccc1N. The molecule has 3 heteroatoms. The summed E-state index contributed by atoms with van der Waals surface area (Å²) < 4.78 is 0. The minimum Gasteiger partial charge on any atom is -0.398 e. The predicted molar refractivity (Wildman–Crippen MR) is 37.0 cm³/mol. The molecule has 0 bridgehead atoms. The van der Waals surface area contributed by atoms with Gasteiger partial charge in [0.25, 0.3) is 5.91 Å². The zero-order valence-electron chi connectivity index (χ0n) is 5.22. The van der Waals surface area contributed by atoms with E-state index in [0.717, 1.165) is 0 Å². The molecule has 10 heavy (non-hydrogen) atoms. The zero-order chi connectivity index (χ0) is 7.56. The summed E-state index contributed by atoms with van der Waals surface area (Å²) in [6, 6.07) is 8.05. The van der Waals surface area contributed by atoms with Crippen LogP contribution in [-0.4, -0.2) is 5.91 Å². The average molecular weight is 134 g/mol. The van der Waals surface area contributed by atoms with Crippen molar-refractivity contribution in [2.75, 3.05) is 5.73 Å². The van der Waals surface area contributed by atoms with Gasteiger partial charge in [-0.1, -0.05) is 12.1 Å². The van der Waals surface area contributed by atoms with Crippen molar-refractivity contribution in [1.82, 2.24) is 0 Å². The summed E-state index contributed by atoms with van der Waals surface area (Å²) in [5.74, 6) is -0.539. The van der Waals surface area contributed by atoms with E-state index in [1.807, 2.05) is 0 Å². The van der Waals surface area contributed by atoms with Crippen molar-refractivity contribution in [3.05, 3.63) is 29.8 Å². The number of hydrogen-bond donors (Lipinski definition) is 2. The number of primary amides is 1. The Labute approximate surface area is 58.6 Å². The molecule has 0 aliphatic carbocycles. The van der Waals surface area contributed by atoms with Crippen molar-refractivity contribution < 1.29 is 4.79 Å². The molecule has 0 saturated carbocycles. The highest BCUT2D eigenvalue weighted by atomic mass is 16.1. The van der Waals surface area contributed by atoms with E-state index >= 15 is 0 Å². The Morgan fingerprint density at radius 2 is 2.00 bits per heavy atom. The van der Waals surface area contributed by atoms with E-state index in [-0.39, 0.29) is 0 Å². The molecule has 0 heterocycles. The van der Waals surface area contributed by atoms with Gasteiger partial charge in [-0.05, 0) is 0 Å². The number of nitrogen functional groups attached to an aromatic ring is 1. The molecule has 0 atom stereocenters. The molecule has 1 amide bonds. The van der Waals surface area contributed by atoms with Gasteiger partial charge in [-0.15, -0.1) is 0 Å². The van der Waals surface area contributed by atoms with Crippen LogP contribution in [0.1, 0.15) is 10.4 Å². The van der Waals surface area contributed by atoms with Crippen LogP contribution in [0.25, 0.3) is 0 Å². The Morgan fingerprint density at radius 1 is 1.40 bits per heavy atom. The monoisotopic (exact) mass is 134 g/mol. The van der Waals surface area contributed by atoms with E-state index in [1.54, 1.807) is 0 Å². The molecular formula is C7H6N2O. The Balaban J connectivity index is 3.15. The molecule has 0 fully saturated rings. The van der Waals surface area contributed by atoms with E-state index in [2.05, 4.69) is 12.1 Å². The van der Waals surface area contributed by atoms with Crippen molar-refractivity contribution in [2.24, 2.45) is 5.73 Å². The van der Waals surface area contributed by atoms with Crippen molar-refractivity contribution >= 4 is 11.6 Å². The van der Waals surface area contributed by atoms with Crippen molar-refractivity contribution in [3.8, 4) is 0 Å². The number of nitrogens with two attached hydrogens (primary N) is 2. The fourth-order valence-corrected chi connectivity index (χ4v) is 0.608. The highest BCUT2D eigenvalue weighted by molar-refractivity contribution is 5.97. The van der Waals surface area contributed by atoms with Gasteiger partial charge >= 0.3 is 0 Å². The van der Waals surface area contributed by atoms with E-state index in [4.69, 9.17) is 11.5 Å². The van der Waals surface area contributed by atoms with Gasteiger partial charge in [-0.25, -0.2) is 0 Å². The Kier molecular flexibility index (Phi) is 1.46. The number of rotatable bonds is 1. The molecule has 50 valence electrons. The van der Waals surface area contributed by atoms with E-state index in [9.17, 15) is 4.79 Å².